The number of carboxylic acid groups (broad SMARTS) is 1. The SMILES string of the molecule is CC(C)CC(NC(=O)C(N)CCCCN)C(=O)NC(Cc1ccccc1)C(=O)NC(CS)C(=O)O. The van der Waals surface area contributed by atoms with Crippen LogP contribution in [0.5, 0.6) is 0 Å². The molecule has 0 bridgehead atoms. The third kappa shape index (κ3) is 11.6. The summed E-state index contributed by atoms with van der Waals surface area (Å²) in [6.45, 7) is 4.32. The molecule has 4 atom stereocenters. The maximum atomic E-state index is 13.2. The fraction of sp³-hybridized carbons (Fsp3) is 0.583. The highest BCUT2D eigenvalue weighted by molar-refractivity contribution is 7.80. The quantitative estimate of drug-likeness (QED) is 0.123. The predicted octanol–water partition coefficient (Wildman–Crippen LogP) is 0.200. The topological polar surface area (TPSA) is 177 Å². The lowest BCUT2D eigenvalue weighted by molar-refractivity contribution is -0.141. The molecular formula is C24H39N5O5S. The maximum absolute atomic E-state index is 13.2. The summed E-state index contributed by atoms with van der Waals surface area (Å²) < 4.78 is 0. The molecule has 0 aliphatic heterocycles. The van der Waals surface area contributed by atoms with Crippen LogP contribution >= 0.6 is 12.6 Å². The summed E-state index contributed by atoms with van der Waals surface area (Å²) in [7, 11) is 0. The number of hydrogen-bond donors (Lipinski definition) is 7. The molecule has 0 radical (unpaired) electrons. The van der Waals surface area contributed by atoms with E-state index in [1.54, 1.807) is 24.3 Å². The third-order valence-electron chi connectivity index (χ3n) is 5.36. The number of nitrogens with one attached hydrogen (secondary N) is 3. The Kier molecular flexibility index (Phi) is 14.0. The molecule has 8 N–H and O–H groups in total. The minimum absolute atomic E-state index is 0.0708. The second-order valence-electron chi connectivity index (χ2n) is 8.91. The van der Waals surface area contributed by atoms with Crippen molar-refractivity contribution in [1.29, 1.82) is 0 Å². The van der Waals surface area contributed by atoms with E-state index >= 15 is 0 Å². The van der Waals surface area contributed by atoms with Crippen LogP contribution in [0.3, 0.4) is 0 Å². The van der Waals surface area contributed by atoms with Gasteiger partial charge in [0.1, 0.15) is 18.1 Å². The Morgan fingerprint density at radius 1 is 0.914 bits per heavy atom. The predicted molar refractivity (Wildman–Crippen MR) is 138 cm³/mol. The number of unbranched alkanes of at least 4 members (excludes halogenated alkanes) is 1. The number of thiol groups is 1. The van der Waals surface area contributed by atoms with Crippen molar-refractivity contribution in [2.24, 2.45) is 17.4 Å². The van der Waals surface area contributed by atoms with E-state index in [1.165, 1.54) is 0 Å². The largest absolute Gasteiger partial charge is 0.480 e. The lowest BCUT2D eigenvalue weighted by Gasteiger charge is -2.26. The minimum atomic E-state index is -1.23. The molecule has 0 saturated heterocycles. The van der Waals surface area contributed by atoms with Gasteiger partial charge in [-0.1, -0.05) is 50.6 Å². The van der Waals surface area contributed by atoms with E-state index in [4.69, 9.17) is 11.5 Å². The first-order chi connectivity index (χ1) is 16.6. The van der Waals surface area contributed by atoms with Crippen LogP contribution in [0.1, 0.15) is 45.1 Å². The van der Waals surface area contributed by atoms with E-state index in [1.807, 2.05) is 19.9 Å². The molecule has 196 valence electrons. The summed E-state index contributed by atoms with van der Waals surface area (Å²) in [5.41, 5.74) is 12.2. The molecule has 3 amide bonds. The van der Waals surface area contributed by atoms with Crippen molar-refractivity contribution in [2.75, 3.05) is 12.3 Å². The Hall–Kier alpha value is -2.63. The molecule has 11 heteroatoms. The van der Waals surface area contributed by atoms with Crippen LogP contribution in [0.2, 0.25) is 0 Å². The van der Waals surface area contributed by atoms with Crippen LogP contribution in [-0.4, -0.2) is 65.3 Å². The lowest BCUT2D eigenvalue weighted by atomic mass is 10.00. The van der Waals surface area contributed by atoms with Crippen molar-refractivity contribution < 1.29 is 24.3 Å². The minimum Gasteiger partial charge on any atom is -0.480 e. The van der Waals surface area contributed by atoms with Crippen LogP contribution in [0.4, 0.5) is 0 Å². The van der Waals surface area contributed by atoms with Gasteiger partial charge in [0.05, 0.1) is 6.04 Å². The molecule has 10 nitrogen and oxygen atoms in total. The van der Waals surface area contributed by atoms with Gasteiger partial charge in [-0.2, -0.15) is 12.6 Å². The van der Waals surface area contributed by atoms with Gasteiger partial charge in [-0.3, -0.25) is 14.4 Å². The van der Waals surface area contributed by atoms with Gasteiger partial charge in [-0.25, -0.2) is 4.79 Å². The molecule has 0 heterocycles. The van der Waals surface area contributed by atoms with E-state index in [9.17, 15) is 24.3 Å². The molecular weight excluding hydrogens is 470 g/mol. The van der Waals surface area contributed by atoms with Gasteiger partial charge in [-0.15, -0.1) is 0 Å². The number of carboxylic acids is 1. The Labute approximate surface area is 212 Å². The first-order valence-electron chi connectivity index (χ1n) is 11.8. The summed E-state index contributed by atoms with van der Waals surface area (Å²) in [4.78, 5) is 50.1. The highest BCUT2D eigenvalue weighted by atomic mass is 32.1. The molecule has 35 heavy (non-hydrogen) atoms. The first kappa shape index (κ1) is 30.4. The second-order valence-corrected chi connectivity index (χ2v) is 9.28. The third-order valence-corrected chi connectivity index (χ3v) is 5.72. The zero-order valence-corrected chi connectivity index (χ0v) is 21.3. The van der Waals surface area contributed by atoms with E-state index in [2.05, 4.69) is 28.6 Å². The highest BCUT2D eigenvalue weighted by Gasteiger charge is 2.30. The van der Waals surface area contributed by atoms with Gasteiger partial charge in [0.2, 0.25) is 17.7 Å². The zero-order valence-electron chi connectivity index (χ0n) is 20.4. The van der Waals surface area contributed by atoms with Crippen molar-refractivity contribution in [1.82, 2.24) is 16.0 Å². The molecule has 0 aliphatic carbocycles. The second kappa shape index (κ2) is 16.1. The number of amides is 3. The van der Waals surface area contributed by atoms with Crippen LogP contribution in [0.25, 0.3) is 0 Å². The number of carbonyl (C=O) groups excluding carboxylic acids is 3. The fourth-order valence-corrected chi connectivity index (χ4v) is 3.66. The van der Waals surface area contributed by atoms with Crippen molar-refractivity contribution >= 4 is 36.3 Å². The molecule has 0 saturated carbocycles. The smallest absolute Gasteiger partial charge is 0.327 e. The summed E-state index contributed by atoms with van der Waals surface area (Å²) >= 11 is 3.98. The molecule has 0 aromatic heterocycles. The molecule has 4 unspecified atom stereocenters. The number of rotatable bonds is 16. The van der Waals surface area contributed by atoms with Crippen molar-refractivity contribution in [2.45, 2.75) is 70.1 Å². The number of benzene rings is 1. The van der Waals surface area contributed by atoms with Crippen LogP contribution in [0, 0.1) is 5.92 Å². The number of hydrogen-bond acceptors (Lipinski definition) is 7. The average Bonchev–Trinajstić information content (AvgIpc) is 2.81. The van der Waals surface area contributed by atoms with Crippen molar-refractivity contribution in [3.63, 3.8) is 0 Å². The Morgan fingerprint density at radius 2 is 1.49 bits per heavy atom. The monoisotopic (exact) mass is 509 g/mol. The Bertz CT molecular complexity index is 824. The summed E-state index contributed by atoms with van der Waals surface area (Å²) in [5.74, 6) is -2.92. The molecule has 0 aliphatic rings. The number of aliphatic carboxylic acids is 1. The number of nitrogens with two attached hydrogens (primary N) is 2. The summed E-state index contributed by atoms with van der Waals surface area (Å²) in [6, 6.07) is 5.06. The van der Waals surface area contributed by atoms with Gasteiger partial charge < -0.3 is 32.5 Å². The maximum Gasteiger partial charge on any atom is 0.327 e. The lowest BCUT2D eigenvalue weighted by Crippen LogP contribution is -2.58. The number of carbonyl (C=O) groups is 4. The summed E-state index contributed by atoms with van der Waals surface area (Å²) in [6.07, 6.45) is 2.36. The molecule has 1 aromatic rings. The van der Waals surface area contributed by atoms with Gasteiger partial charge in [0.25, 0.3) is 0 Å². The van der Waals surface area contributed by atoms with E-state index < -0.39 is 47.9 Å². The zero-order chi connectivity index (χ0) is 26.4. The summed E-state index contributed by atoms with van der Waals surface area (Å²) in [5, 5.41) is 17.1. The standard InChI is InChI=1S/C24H39N5O5S/c1-15(2)12-18(27-21(30)17(26)10-6-7-11-25)22(31)28-19(13-16-8-4-3-5-9-16)23(32)29-20(14-35)24(33)34/h3-5,8-9,15,17-20,35H,6-7,10-14,25-26H2,1-2H3,(H,27,30)(H,28,31)(H,29,32)(H,33,34). The molecule has 0 fully saturated rings. The Morgan fingerprint density at radius 3 is 2.03 bits per heavy atom. The van der Waals surface area contributed by atoms with E-state index in [0.717, 1.165) is 12.0 Å². The van der Waals surface area contributed by atoms with Crippen molar-refractivity contribution in [3.8, 4) is 0 Å². The van der Waals surface area contributed by atoms with Crippen molar-refractivity contribution in [3.05, 3.63) is 35.9 Å². The van der Waals surface area contributed by atoms with E-state index in [-0.39, 0.29) is 18.1 Å². The first-order valence-corrected chi connectivity index (χ1v) is 12.5. The van der Waals surface area contributed by atoms with Gasteiger partial charge in [-0.05, 0) is 37.3 Å². The average molecular weight is 510 g/mol. The molecule has 0 spiro atoms. The van der Waals surface area contributed by atoms with Crippen LogP contribution in [-0.2, 0) is 25.6 Å². The molecule has 1 rings (SSSR count). The fourth-order valence-electron chi connectivity index (χ4n) is 3.41. The van der Waals surface area contributed by atoms with E-state index in [0.29, 0.717) is 25.8 Å². The van der Waals surface area contributed by atoms with Gasteiger partial charge in [0.15, 0.2) is 0 Å². The van der Waals surface area contributed by atoms with Crippen LogP contribution in [0.15, 0.2) is 30.3 Å². The highest BCUT2D eigenvalue weighted by Crippen LogP contribution is 2.09. The van der Waals surface area contributed by atoms with Crippen LogP contribution < -0.4 is 27.4 Å². The molecule has 1 aromatic carbocycles. The van der Waals surface area contributed by atoms with Gasteiger partial charge >= 0.3 is 5.97 Å². The normalized spacial score (nSPS) is 14.5. The van der Waals surface area contributed by atoms with Gasteiger partial charge in [0, 0.05) is 12.2 Å². The Balaban J connectivity index is 3.02.